The quantitative estimate of drug-likeness (QED) is 0.875. The maximum Gasteiger partial charge on any atom is 0.220 e. The van der Waals surface area contributed by atoms with Gasteiger partial charge in [0.2, 0.25) is 5.91 Å². The number of aryl methyl sites for hydroxylation is 1. The van der Waals surface area contributed by atoms with Crippen molar-refractivity contribution in [2.24, 2.45) is 0 Å². The van der Waals surface area contributed by atoms with E-state index in [-0.39, 0.29) is 17.6 Å². The summed E-state index contributed by atoms with van der Waals surface area (Å²) in [5.41, 5.74) is 0.907. The Balaban J connectivity index is 1.84. The first-order valence-corrected chi connectivity index (χ1v) is 8.08. The van der Waals surface area contributed by atoms with Crippen molar-refractivity contribution in [3.63, 3.8) is 0 Å². The minimum atomic E-state index is -0.153. The van der Waals surface area contributed by atoms with E-state index in [0.29, 0.717) is 30.9 Å². The van der Waals surface area contributed by atoms with Crippen LogP contribution in [0.5, 0.6) is 11.5 Å². The molecule has 0 spiro atoms. The zero-order chi connectivity index (χ0) is 16.9. The third-order valence-electron chi connectivity index (χ3n) is 4.15. The molecular weight excluding hydrogens is 294 g/mol. The van der Waals surface area contributed by atoms with Crippen molar-refractivity contribution >= 4 is 5.91 Å². The molecule has 1 fully saturated rings. The van der Waals surface area contributed by atoms with E-state index in [2.05, 4.69) is 19.2 Å². The average Bonchev–Trinajstić information content (AvgIpc) is 2.51. The molecule has 1 aromatic rings. The number of benzene rings is 1. The second kappa shape index (κ2) is 7.68. The SMILES string of the molecule is COc1ccc(CCC(=O)NC2CCOC(C)(C)C2)cc1OC. The number of nitrogens with one attached hydrogen (secondary N) is 1. The van der Waals surface area contributed by atoms with Crippen molar-refractivity contribution in [2.45, 2.75) is 51.2 Å². The first-order valence-electron chi connectivity index (χ1n) is 8.08. The van der Waals surface area contributed by atoms with E-state index in [9.17, 15) is 4.79 Å². The van der Waals surface area contributed by atoms with Crippen LogP contribution in [0.2, 0.25) is 0 Å². The van der Waals surface area contributed by atoms with Gasteiger partial charge in [-0.05, 0) is 50.8 Å². The third kappa shape index (κ3) is 5.13. The van der Waals surface area contributed by atoms with E-state index < -0.39 is 0 Å². The highest BCUT2D eigenvalue weighted by Crippen LogP contribution is 2.28. The zero-order valence-electron chi connectivity index (χ0n) is 14.5. The minimum absolute atomic E-state index is 0.0856. The summed E-state index contributed by atoms with van der Waals surface area (Å²) in [4.78, 5) is 12.2. The number of hydrogen-bond acceptors (Lipinski definition) is 4. The minimum Gasteiger partial charge on any atom is -0.493 e. The van der Waals surface area contributed by atoms with Gasteiger partial charge in [-0.2, -0.15) is 0 Å². The fourth-order valence-electron chi connectivity index (χ4n) is 2.95. The molecule has 1 aliphatic rings. The van der Waals surface area contributed by atoms with Crippen molar-refractivity contribution in [1.29, 1.82) is 0 Å². The molecule has 1 unspecified atom stereocenters. The molecule has 1 heterocycles. The second-order valence-electron chi connectivity index (χ2n) is 6.55. The van der Waals surface area contributed by atoms with Gasteiger partial charge in [0.15, 0.2) is 11.5 Å². The number of ether oxygens (including phenoxy) is 3. The standard InChI is InChI=1S/C18H27NO4/c1-18(2)12-14(9-10-23-18)19-17(20)8-6-13-5-7-15(21-3)16(11-13)22-4/h5,7,11,14H,6,8-10,12H2,1-4H3,(H,19,20). The fraction of sp³-hybridized carbons (Fsp3) is 0.611. The van der Waals surface area contributed by atoms with Gasteiger partial charge in [-0.1, -0.05) is 6.07 Å². The number of carbonyl (C=O) groups excluding carboxylic acids is 1. The lowest BCUT2D eigenvalue weighted by molar-refractivity contribution is -0.124. The number of amides is 1. The summed E-state index contributed by atoms with van der Waals surface area (Å²) in [6, 6.07) is 5.96. The largest absolute Gasteiger partial charge is 0.493 e. The van der Waals surface area contributed by atoms with Crippen LogP contribution in [0, 0.1) is 0 Å². The fourth-order valence-corrected chi connectivity index (χ4v) is 2.95. The highest BCUT2D eigenvalue weighted by atomic mass is 16.5. The van der Waals surface area contributed by atoms with Gasteiger partial charge in [0.1, 0.15) is 0 Å². The molecule has 0 radical (unpaired) electrons. The third-order valence-corrected chi connectivity index (χ3v) is 4.15. The lowest BCUT2D eigenvalue weighted by atomic mass is 9.94. The molecule has 0 bridgehead atoms. The topological polar surface area (TPSA) is 56.8 Å². The Morgan fingerprint density at radius 3 is 2.70 bits per heavy atom. The molecule has 5 heteroatoms. The van der Waals surface area contributed by atoms with Crippen LogP contribution >= 0.6 is 0 Å². The molecule has 1 atom stereocenters. The Morgan fingerprint density at radius 2 is 2.04 bits per heavy atom. The number of rotatable bonds is 6. The maximum atomic E-state index is 12.2. The van der Waals surface area contributed by atoms with E-state index >= 15 is 0 Å². The van der Waals surface area contributed by atoms with Crippen LogP contribution in [0.4, 0.5) is 0 Å². The van der Waals surface area contributed by atoms with Gasteiger partial charge in [0.25, 0.3) is 0 Å². The van der Waals surface area contributed by atoms with Gasteiger partial charge >= 0.3 is 0 Å². The second-order valence-corrected chi connectivity index (χ2v) is 6.55. The first kappa shape index (κ1) is 17.6. The Kier molecular flexibility index (Phi) is 5.88. The molecule has 128 valence electrons. The predicted molar refractivity (Wildman–Crippen MR) is 89.1 cm³/mol. The molecule has 1 aliphatic heterocycles. The highest BCUT2D eigenvalue weighted by Gasteiger charge is 2.29. The Morgan fingerprint density at radius 1 is 1.30 bits per heavy atom. The van der Waals surface area contributed by atoms with Crippen molar-refractivity contribution < 1.29 is 19.0 Å². The number of carbonyl (C=O) groups is 1. The smallest absolute Gasteiger partial charge is 0.220 e. The molecule has 1 amide bonds. The summed E-state index contributed by atoms with van der Waals surface area (Å²) < 4.78 is 16.2. The molecular formula is C18H27NO4. The Hall–Kier alpha value is -1.75. The summed E-state index contributed by atoms with van der Waals surface area (Å²) in [6.45, 7) is 4.83. The van der Waals surface area contributed by atoms with Gasteiger partial charge in [-0.3, -0.25) is 4.79 Å². The Labute approximate surface area is 138 Å². The van der Waals surface area contributed by atoms with Crippen molar-refractivity contribution in [3.8, 4) is 11.5 Å². The number of hydrogen-bond donors (Lipinski definition) is 1. The van der Waals surface area contributed by atoms with Crippen molar-refractivity contribution in [1.82, 2.24) is 5.32 Å². The van der Waals surface area contributed by atoms with Crippen LogP contribution in [0.3, 0.4) is 0 Å². The van der Waals surface area contributed by atoms with E-state index in [0.717, 1.165) is 18.4 Å². The summed E-state index contributed by atoms with van der Waals surface area (Å²) in [6.07, 6.45) is 2.88. The average molecular weight is 321 g/mol. The lowest BCUT2D eigenvalue weighted by Gasteiger charge is -2.35. The van der Waals surface area contributed by atoms with Crippen LogP contribution in [-0.2, 0) is 16.0 Å². The van der Waals surface area contributed by atoms with Gasteiger partial charge < -0.3 is 19.5 Å². The van der Waals surface area contributed by atoms with Gasteiger partial charge in [0.05, 0.1) is 19.8 Å². The van der Waals surface area contributed by atoms with E-state index in [1.807, 2.05) is 18.2 Å². The van der Waals surface area contributed by atoms with Crippen LogP contribution < -0.4 is 14.8 Å². The molecule has 0 saturated carbocycles. The van der Waals surface area contributed by atoms with Crippen molar-refractivity contribution in [3.05, 3.63) is 23.8 Å². The molecule has 0 aromatic heterocycles. The van der Waals surface area contributed by atoms with Gasteiger partial charge in [0, 0.05) is 19.1 Å². The van der Waals surface area contributed by atoms with Crippen molar-refractivity contribution in [2.75, 3.05) is 20.8 Å². The van der Waals surface area contributed by atoms with E-state index in [4.69, 9.17) is 14.2 Å². The highest BCUT2D eigenvalue weighted by molar-refractivity contribution is 5.76. The number of methoxy groups -OCH3 is 2. The van der Waals surface area contributed by atoms with E-state index in [1.165, 1.54) is 0 Å². The van der Waals surface area contributed by atoms with Gasteiger partial charge in [-0.25, -0.2) is 0 Å². The summed E-state index contributed by atoms with van der Waals surface area (Å²) in [7, 11) is 3.22. The molecule has 23 heavy (non-hydrogen) atoms. The van der Waals surface area contributed by atoms with Crippen LogP contribution in [0.1, 0.15) is 38.7 Å². The molecule has 1 saturated heterocycles. The van der Waals surface area contributed by atoms with Crippen LogP contribution in [0.25, 0.3) is 0 Å². The molecule has 0 aliphatic carbocycles. The van der Waals surface area contributed by atoms with Crippen LogP contribution in [-0.4, -0.2) is 38.4 Å². The maximum absolute atomic E-state index is 12.2. The molecule has 5 nitrogen and oxygen atoms in total. The zero-order valence-corrected chi connectivity index (χ0v) is 14.5. The summed E-state index contributed by atoms with van der Waals surface area (Å²) in [5, 5.41) is 3.12. The van der Waals surface area contributed by atoms with Gasteiger partial charge in [-0.15, -0.1) is 0 Å². The summed E-state index contributed by atoms with van der Waals surface area (Å²) >= 11 is 0. The van der Waals surface area contributed by atoms with E-state index in [1.54, 1.807) is 14.2 Å². The normalized spacial score (nSPS) is 19.9. The molecule has 2 rings (SSSR count). The molecule has 1 aromatic carbocycles. The monoisotopic (exact) mass is 321 g/mol. The molecule has 1 N–H and O–H groups in total. The predicted octanol–water partition coefficient (Wildman–Crippen LogP) is 2.71. The van der Waals surface area contributed by atoms with Crippen LogP contribution in [0.15, 0.2) is 18.2 Å². The lowest BCUT2D eigenvalue weighted by Crippen LogP contribution is -2.45. The Bertz CT molecular complexity index is 542. The summed E-state index contributed by atoms with van der Waals surface area (Å²) in [5.74, 6) is 1.48. The first-order chi connectivity index (χ1) is 10.9.